The zero-order chi connectivity index (χ0) is 16.1. The van der Waals surface area contributed by atoms with Crippen LogP contribution in [-0.2, 0) is 11.2 Å². The predicted octanol–water partition coefficient (Wildman–Crippen LogP) is 3.42. The molecule has 1 atom stereocenters. The molecule has 0 spiro atoms. The molecule has 116 valence electrons. The minimum atomic E-state index is -0.869. The van der Waals surface area contributed by atoms with E-state index in [0.29, 0.717) is 17.7 Å². The third-order valence-corrected chi connectivity index (χ3v) is 3.63. The number of hydrogen-bond acceptors (Lipinski definition) is 3. The summed E-state index contributed by atoms with van der Waals surface area (Å²) in [6.07, 6.45) is 0.381. The molecule has 4 nitrogen and oxygen atoms in total. The molecule has 0 aliphatic heterocycles. The minimum Gasteiger partial charge on any atom is -0.497 e. The maximum Gasteiger partial charge on any atom is 0.311 e. The van der Waals surface area contributed by atoms with Crippen molar-refractivity contribution in [2.24, 2.45) is 0 Å². The van der Waals surface area contributed by atoms with E-state index in [1.54, 1.807) is 14.2 Å². The van der Waals surface area contributed by atoms with Crippen molar-refractivity contribution in [1.29, 1.82) is 0 Å². The first-order valence-corrected chi connectivity index (χ1v) is 7.05. The Hall–Kier alpha value is -2.49. The summed E-state index contributed by atoms with van der Waals surface area (Å²) in [4.78, 5) is 11.8. The van der Waals surface area contributed by atoms with Gasteiger partial charge in [-0.15, -0.1) is 0 Å². The molecule has 0 aromatic heterocycles. The van der Waals surface area contributed by atoms with Crippen molar-refractivity contribution in [2.75, 3.05) is 14.2 Å². The molecule has 0 fully saturated rings. The zero-order valence-electron chi connectivity index (χ0n) is 13.0. The molecule has 2 aromatic carbocycles. The Balaban J connectivity index is 2.38. The molecule has 0 aliphatic carbocycles. The first kappa shape index (κ1) is 15.9. The molecule has 1 N–H and O–H groups in total. The molecule has 22 heavy (non-hydrogen) atoms. The van der Waals surface area contributed by atoms with Gasteiger partial charge < -0.3 is 14.6 Å². The number of hydrogen-bond donors (Lipinski definition) is 1. The molecule has 2 rings (SSSR count). The van der Waals surface area contributed by atoms with Crippen LogP contribution in [0.3, 0.4) is 0 Å². The number of ether oxygens (including phenoxy) is 2. The van der Waals surface area contributed by atoms with Crippen LogP contribution in [0, 0.1) is 6.92 Å². The molecule has 2 aromatic rings. The Labute approximate surface area is 130 Å². The monoisotopic (exact) mass is 300 g/mol. The lowest BCUT2D eigenvalue weighted by Crippen LogP contribution is -2.15. The first-order valence-electron chi connectivity index (χ1n) is 7.05. The Morgan fingerprint density at radius 3 is 2.55 bits per heavy atom. The van der Waals surface area contributed by atoms with Crippen molar-refractivity contribution >= 4 is 5.97 Å². The Bertz CT molecular complexity index is 664. The van der Waals surface area contributed by atoms with Crippen molar-refractivity contribution < 1.29 is 19.4 Å². The van der Waals surface area contributed by atoms with E-state index >= 15 is 0 Å². The van der Waals surface area contributed by atoms with Gasteiger partial charge in [0.05, 0.1) is 20.1 Å². The summed E-state index contributed by atoms with van der Waals surface area (Å²) in [5, 5.41) is 9.64. The second-order valence-corrected chi connectivity index (χ2v) is 5.19. The summed E-state index contributed by atoms with van der Waals surface area (Å²) >= 11 is 0. The van der Waals surface area contributed by atoms with Gasteiger partial charge in [-0.05, 0) is 37.1 Å². The molecule has 0 bridgehead atoms. The van der Waals surface area contributed by atoms with E-state index in [0.717, 1.165) is 16.9 Å². The highest BCUT2D eigenvalue weighted by Gasteiger charge is 2.24. The highest BCUT2D eigenvalue weighted by Crippen LogP contribution is 2.31. The number of aryl methyl sites for hydroxylation is 1. The summed E-state index contributed by atoms with van der Waals surface area (Å²) in [5.74, 6) is -0.215. The van der Waals surface area contributed by atoms with Crippen LogP contribution in [0.15, 0.2) is 42.5 Å². The van der Waals surface area contributed by atoms with Gasteiger partial charge >= 0.3 is 5.97 Å². The number of benzene rings is 2. The van der Waals surface area contributed by atoms with Gasteiger partial charge in [0.25, 0.3) is 0 Å². The summed E-state index contributed by atoms with van der Waals surface area (Å²) in [6, 6.07) is 13.1. The Morgan fingerprint density at radius 2 is 1.91 bits per heavy atom. The summed E-state index contributed by atoms with van der Waals surface area (Å²) < 4.78 is 10.5. The standard InChI is InChI=1S/C18H20O4/c1-12-7-8-17(22-3)15(9-12)16(18(19)20)11-13-5-4-6-14(10-13)21-2/h4-10,16H,11H2,1-3H3,(H,19,20). The summed E-state index contributed by atoms with van der Waals surface area (Å²) in [5.41, 5.74) is 2.61. The smallest absolute Gasteiger partial charge is 0.311 e. The lowest BCUT2D eigenvalue weighted by Gasteiger charge is -2.17. The van der Waals surface area contributed by atoms with Gasteiger partial charge in [-0.2, -0.15) is 0 Å². The third kappa shape index (κ3) is 3.58. The summed E-state index contributed by atoms with van der Waals surface area (Å²) in [6.45, 7) is 1.94. The van der Waals surface area contributed by atoms with E-state index in [9.17, 15) is 9.90 Å². The van der Waals surface area contributed by atoms with Gasteiger partial charge in [-0.1, -0.05) is 29.8 Å². The molecule has 0 amide bonds. The topological polar surface area (TPSA) is 55.8 Å². The van der Waals surface area contributed by atoms with Gasteiger partial charge in [-0.3, -0.25) is 4.79 Å². The number of aliphatic carboxylic acids is 1. The SMILES string of the molecule is COc1cccc(CC(C(=O)O)c2cc(C)ccc2OC)c1. The largest absolute Gasteiger partial charge is 0.497 e. The number of carboxylic acids is 1. The van der Waals surface area contributed by atoms with Crippen molar-refractivity contribution in [2.45, 2.75) is 19.3 Å². The lowest BCUT2D eigenvalue weighted by atomic mass is 9.90. The molecule has 4 heteroatoms. The van der Waals surface area contributed by atoms with Crippen LogP contribution in [0.1, 0.15) is 22.6 Å². The van der Waals surface area contributed by atoms with Crippen molar-refractivity contribution in [1.82, 2.24) is 0 Å². The fourth-order valence-corrected chi connectivity index (χ4v) is 2.49. The highest BCUT2D eigenvalue weighted by atomic mass is 16.5. The molecule has 0 aliphatic rings. The molecule has 0 heterocycles. The van der Waals surface area contributed by atoms with Gasteiger partial charge in [0.1, 0.15) is 11.5 Å². The van der Waals surface area contributed by atoms with E-state index in [4.69, 9.17) is 9.47 Å². The van der Waals surface area contributed by atoms with Crippen molar-refractivity contribution in [3.05, 3.63) is 59.2 Å². The van der Waals surface area contributed by atoms with Crippen LogP contribution in [0.5, 0.6) is 11.5 Å². The Kier molecular flexibility index (Phi) is 5.04. The molecule has 1 unspecified atom stereocenters. The average Bonchev–Trinajstić information content (AvgIpc) is 2.52. The number of rotatable bonds is 6. The van der Waals surface area contributed by atoms with E-state index in [1.165, 1.54) is 0 Å². The van der Waals surface area contributed by atoms with Gasteiger partial charge in [0, 0.05) is 5.56 Å². The van der Waals surface area contributed by atoms with E-state index in [-0.39, 0.29) is 0 Å². The van der Waals surface area contributed by atoms with Gasteiger partial charge in [-0.25, -0.2) is 0 Å². The van der Waals surface area contributed by atoms with Gasteiger partial charge in [0.2, 0.25) is 0 Å². The fraction of sp³-hybridized carbons (Fsp3) is 0.278. The van der Waals surface area contributed by atoms with Gasteiger partial charge in [0.15, 0.2) is 0 Å². The van der Waals surface area contributed by atoms with E-state index < -0.39 is 11.9 Å². The van der Waals surface area contributed by atoms with Crippen molar-refractivity contribution in [3.8, 4) is 11.5 Å². The number of carbonyl (C=O) groups is 1. The van der Waals surface area contributed by atoms with Crippen LogP contribution in [0.2, 0.25) is 0 Å². The maximum atomic E-state index is 11.8. The second-order valence-electron chi connectivity index (χ2n) is 5.19. The molecule has 0 radical (unpaired) electrons. The quantitative estimate of drug-likeness (QED) is 0.888. The molecule has 0 saturated carbocycles. The fourth-order valence-electron chi connectivity index (χ4n) is 2.49. The predicted molar refractivity (Wildman–Crippen MR) is 84.8 cm³/mol. The molecule has 0 saturated heterocycles. The second kappa shape index (κ2) is 6.98. The minimum absolute atomic E-state index is 0.381. The molecular weight excluding hydrogens is 280 g/mol. The van der Waals surface area contributed by atoms with Crippen LogP contribution in [-0.4, -0.2) is 25.3 Å². The highest BCUT2D eigenvalue weighted by molar-refractivity contribution is 5.78. The zero-order valence-corrected chi connectivity index (χ0v) is 13.0. The van der Waals surface area contributed by atoms with Crippen LogP contribution >= 0.6 is 0 Å². The normalized spacial score (nSPS) is 11.8. The molecular formula is C18H20O4. The van der Waals surface area contributed by atoms with Crippen molar-refractivity contribution in [3.63, 3.8) is 0 Å². The number of carboxylic acid groups (broad SMARTS) is 1. The third-order valence-electron chi connectivity index (χ3n) is 3.63. The van der Waals surface area contributed by atoms with Crippen LogP contribution in [0.25, 0.3) is 0 Å². The Morgan fingerprint density at radius 1 is 1.14 bits per heavy atom. The first-order chi connectivity index (χ1) is 10.5. The number of methoxy groups -OCH3 is 2. The lowest BCUT2D eigenvalue weighted by molar-refractivity contribution is -0.138. The van der Waals surface area contributed by atoms with Crippen LogP contribution in [0.4, 0.5) is 0 Å². The van der Waals surface area contributed by atoms with E-state index in [1.807, 2.05) is 49.4 Å². The maximum absolute atomic E-state index is 11.8. The van der Waals surface area contributed by atoms with Crippen LogP contribution < -0.4 is 9.47 Å². The summed E-state index contributed by atoms with van der Waals surface area (Å²) in [7, 11) is 3.15. The van der Waals surface area contributed by atoms with E-state index in [2.05, 4.69) is 0 Å². The average molecular weight is 300 g/mol.